The molecule has 2 aromatic rings. The molecule has 0 aliphatic carbocycles. The number of carbonyl (C=O) groups excluding carboxylic acids is 2. The molecule has 0 radical (unpaired) electrons. The highest BCUT2D eigenvalue weighted by Crippen LogP contribution is 2.18. The van der Waals surface area contributed by atoms with Crippen LogP contribution in [-0.4, -0.2) is 42.2 Å². The van der Waals surface area contributed by atoms with Gasteiger partial charge in [-0.3, -0.25) is 9.59 Å². The van der Waals surface area contributed by atoms with Crippen molar-refractivity contribution in [3.05, 3.63) is 65.2 Å². The molecule has 2 aromatic carbocycles. The minimum atomic E-state index is -0.536. The number of aryl methyl sites for hydroxylation is 1. The molecule has 0 heterocycles. The molecule has 0 saturated carbocycles. The topological polar surface area (TPSA) is 58.6 Å². The van der Waals surface area contributed by atoms with Crippen LogP contribution in [-0.2, 0) is 21.9 Å². The van der Waals surface area contributed by atoms with Gasteiger partial charge in [-0.25, -0.2) is 0 Å². The van der Waals surface area contributed by atoms with Crippen molar-refractivity contribution in [3.8, 4) is 5.75 Å². The number of methoxy groups -OCH3 is 1. The minimum Gasteiger partial charge on any atom is -0.497 e. The highest BCUT2D eigenvalue weighted by atomic mass is 32.2. The maximum Gasteiger partial charge on any atom is 0.242 e. The highest BCUT2D eigenvalue weighted by Gasteiger charge is 2.25. The first-order valence-electron chi connectivity index (χ1n) is 10.8. The van der Waals surface area contributed by atoms with E-state index in [4.69, 9.17) is 4.74 Å². The van der Waals surface area contributed by atoms with E-state index in [0.29, 0.717) is 18.8 Å². The number of carbonyl (C=O) groups is 2. The lowest BCUT2D eigenvalue weighted by Gasteiger charge is -2.29. The van der Waals surface area contributed by atoms with Gasteiger partial charge in [0.25, 0.3) is 0 Å². The van der Waals surface area contributed by atoms with Crippen LogP contribution in [0.5, 0.6) is 5.75 Å². The SMILES string of the molecule is CCCCNC(=O)[C@H](C)N(Cc1ccc(OC)cc1)C(=O)CSCc1cccc(C)c1. The molecule has 2 rings (SSSR count). The van der Waals surface area contributed by atoms with Crippen molar-refractivity contribution < 1.29 is 14.3 Å². The van der Waals surface area contributed by atoms with Crippen LogP contribution in [0.3, 0.4) is 0 Å². The van der Waals surface area contributed by atoms with E-state index in [1.807, 2.05) is 30.3 Å². The van der Waals surface area contributed by atoms with Crippen LogP contribution in [0.2, 0.25) is 0 Å². The molecule has 0 aromatic heterocycles. The summed E-state index contributed by atoms with van der Waals surface area (Å²) < 4.78 is 5.22. The fourth-order valence-electron chi connectivity index (χ4n) is 3.19. The quantitative estimate of drug-likeness (QED) is 0.489. The van der Waals surface area contributed by atoms with Crippen LogP contribution in [0, 0.1) is 6.92 Å². The van der Waals surface area contributed by atoms with Gasteiger partial charge in [-0.1, -0.05) is 55.3 Å². The molecule has 6 heteroatoms. The summed E-state index contributed by atoms with van der Waals surface area (Å²) in [5.74, 6) is 1.71. The first kappa shape index (κ1) is 24.8. The standard InChI is InChI=1S/C25H34N2O3S/c1-5-6-14-26-25(29)20(3)27(16-21-10-12-23(30-4)13-11-21)24(28)18-31-17-22-9-7-8-19(2)15-22/h7-13,15,20H,5-6,14,16-18H2,1-4H3,(H,26,29)/t20-/m0/s1. The van der Waals surface area contributed by atoms with Gasteiger partial charge in [0, 0.05) is 18.8 Å². The van der Waals surface area contributed by atoms with Crippen molar-refractivity contribution in [1.29, 1.82) is 0 Å². The van der Waals surface area contributed by atoms with Crippen LogP contribution in [0.25, 0.3) is 0 Å². The monoisotopic (exact) mass is 442 g/mol. The summed E-state index contributed by atoms with van der Waals surface area (Å²) >= 11 is 1.58. The highest BCUT2D eigenvalue weighted by molar-refractivity contribution is 7.99. The number of ether oxygens (including phenoxy) is 1. The predicted octanol–water partition coefficient (Wildman–Crippen LogP) is 4.57. The van der Waals surface area contributed by atoms with Gasteiger partial charge < -0.3 is 15.0 Å². The molecule has 0 aliphatic rings. The Labute approximate surface area is 190 Å². The van der Waals surface area contributed by atoms with Crippen LogP contribution in [0.4, 0.5) is 0 Å². The molecule has 168 valence electrons. The van der Waals surface area contributed by atoms with E-state index in [1.54, 1.807) is 30.7 Å². The number of nitrogens with zero attached hydrogens (tertiary/aromatic N) is 1. The van der Waals surface area contributed by atoms with Gasteiger partial charge in [0.2, 0.25) is 11.8 Å². The van der Waals surface area contributed by atoms with Crippen LogP contribution in [0.1, 0.15) is 43.4 Å². The van der Waals surface area contributed by atoms with Crippen molar-refractivity contribution in [2.24, 2.45) is 0 Å². The molecular weight excluding hydrogens is 408 g/mol. The lowest BCUT2D eigenvalue weighted by atomic mass is 10.1. The molecule has 2 amide bonds. The number of thioether (sulfide) groups is 1. The molecule has 0 spiro atoms. The molecule has 1 N–H and O–H groups in total. The lowest BCUT2D eigenvalue weighted by molar-refractivity contribution is -0.138. The fraction of sp³-hybridized carbons (Fsp3) is 0.440. The van der Waals surface area contributed by atoms with E-state index in [1.165, 1.54) is 11.1 Å². The zero-order valence-corrected chi connectivity index (χ0v) is 19.8. The smallest absolute Gasteiger partial charge is 0.242 e. The Morgan fingerprint density at radius 1 is 1.13 bits per heavy atom. The van der Waals surface area contributed by atoms with E-state index in [9.17, 15) is 9.59 Å². The van der Waals surface area contributed by atoms with Crippen molar-refractivity contribution in [1.82, 2.24) is 10.2 Å². The third kappa shape index (κ3) is 8.29. The maximum absolute atomic E-state index is 13.1. The summed E-state index contributed by atoms with van der Waals surface area (Å²) in [5, 5.41) is 2.95. The van der Waals surface area contributed by atoms with Crippen LogP contribution >= 0.6 is 11.8 Å². The summed E-state index contributed by atoms with van der Waals surface area (Å²) in [6.45, 7) is 6.96. The molecule has 31 heavy (non-hydrogen) atoms. The number of rotatable bonds is 12. The van der Waals surface area contributed by atoms with Crippen LogP contribution < -0.4 is 10.1 Å². The molecule has 5 nitrogen and oxygen atoms in total. The summed E-state index contributed by atoms with van der Waals surface area (Å²) in [6, 6.07) is 15.4. The van der Waals surface area contributed by atoms with Gasteiger partial charge in [-0.2, -0.15) is 0 Å². The summed E-state index contributed by atoms with van der Waals surface area (Å²) in [7, 11) is 1.62. The number of amides is 2. The van der Waals surface area contributed by atoms with Gasteiger partial charge in [0.1, 0.15) is 11.8 Å². The normalized spacial score (nSPS) is 11.6. The van der Waals surface area contributed by atoms with Crippen molar-refractivity contribution >= 4 is 23.6 Å². The second-order valence-corrected chi connectivity index (χ2v) is 8.66. The first-order valence-corrected chi connectivity index (χ1v) is 11.9. The second kappa shape index (κ2) is 13.1. The molecule has 0 unspecified atom stereocenters. The van der Waals surface area contributed by atoms with Gasteiger partial charge in [0.05, 0.1) is 12.9 Å². The Kier molecular flexibility index (Phi) is 10.4. The molecule has 1 atom stereocenters. The Bertz CT molecular complexity index is 839. The third-order valence-electron chi connectivity index (χ3n) is 5.09. The molecule has 0 aliphatic heterocycles. The van der Waals surface area contributed by atoms with Gasteiger partial charge in [-0.05, 0) is 43.5 Å². The van der Waals surface area contributed by atoms with Crippen molar-refractivity contribution in [3.63, 3.8) is 0 Å². The largest absolute Gasteiger partial charge is 0.497 e. The number of hydrogen-bond donors (Lipinski definition) is 1. The Balaban J connectivity index is 2.04. The zero-order chi connectivity index (χ0) is 22.6. The molecular formula is C25H34N2O3S. The first-order chi connectivity index (χ1) is 14.9. The van der Waals surface area contributed by atoms with Gasteiger partial charge >= 0.3 is 0 Å². The number of benzene rings is 2. The van der Waals surface area contributed by atoms with Crippen molar-refractivity contribution in [2.45, 2.75) is 52.0 Å². The van der Waals surface area contributed by atoms with E-state index < -0.39 is 6.04 Å². The summed E-state index contributed by atoms with van der Waals surface area (Å²) in [4.78, 5) is 27.4. The lowest BCUT2D eigenvalue weighted by Crippen LogP contribution is -2.48. The number of nitrogens with one attached hydrogen (secondary N) is 1. The molecule has 0 fully saturated rings. The predicted molar refractivity (Wildman–Crippen MR) is 128 cm³/mol. The van der Waals surface area contributed by atoms with E-state index >= 15 is 0 Å². The Hall–Kier alpha value is -2.47. The average Bonchev–Trinajstić information content (AvgIpc) is 2.77. The van der Waals surface area contributed by atoms with E-state index in [2.05, 4.69) is 37.4 Å². The average molecular weight is 443 g/mol. The Morgan fingerprint density at radius 2 is 1.87 bits per heavy atom. The van der Waals surface area contributed by atoms with Crippen molar-refractivity contribution in [2.75, 3.05) is 19.4 Å². The zero-order valence-electron chi connectivity index (χ0n) is 19.0. The molecule has 0 saturated heterocycles. The number of hydrogen-bond acceptors (Lipinski definition) is 4. The third-order valence-corrected chi connectivity index (χ3v) is 6.07. The summed E-state index contributed by atoms with van der Waals surface area (Å²) in [6.07, 6.45) is 1.94. The summed E-state index contributed by atoms with van der Waals surface area (Å²) in [5.41, 5.74) is 3.37. The van der Waals surface area contributed by atoms with Gasteiger partial charge in [0.15, 0.2) is 0 Å². The maximum atomic E-state index is 13.1. The van der Waals surface area contributed by atoms with E-state index in [-0.39, 0.29) is 11.8 Å². The minimum absolute atomic E-state index is 0.0355. The fourth-order valence-corrected chi connectivity index (χ4v) is 4.05. The number of unbranched alkanes of at least 4 members (excludes halogenated alkanes) is 1. The van der Waals surface area contributed by atoms with Gasteiger partial charge in [-0.15, -0.1) is 11.8 Å². The molecule has 0 bridgehead atoms. The Morgan fingerprint density at radius 3 is 2.52 bits per heavy atom. The van der Waals surface area contributed by atoms with E-state index in [0.717, 1.165) is 29.9 Å². The second-order valence-electron chi connectivity index (χ2n) is 7.67. The van der Waals surface area contributed by atoms with Crippen LogP contribution in [0.15, 0.2) is 48.5 Å².